The summed E-state index contributed by atoms with van der Waals surface area (Å²) >= 11 is 0. The van der Waals surface area contributed by atoms with Crippen LogP contribution >= 0.6 is 0 Å². The van der Waals surface area contributed by atoms with E-state index in [9.17, 15) is 0 Å². The zero-order valence-corrected chi connectivity index (χ0v) is 27.5. The lowest BCUT2D eigenvalue weighted by molar-refractivity contribution is 1.07. The standard InChI is InChI=1S/C39H45N5/c1-9-27-21(5)31-17-35-29(11-3)23(7)38(43-35)37(26-15-13-25(20-40)14-16-26)39-24(8)30(12-4)36(44-39)18-32-22(6)28(10-2)34(42-32)19-33(27)41-31/h13-19,41,43H,9-12,20,40H2,1-8H3. The molecule has 0 amide bonds. The number of fused-ring (bicyclic) bond motifs is 8. The van der Waals surface area contributed by atoms with Crippen molar-refractivity contribution in [1.82, 2.24) is 19.9 Å². The van der Waals surface area contributed by atoms with Crippen molar-refractivity contribution >= 4 is 44.4 Å². The normalized spacial score (nSPS) is 13.4. The molecule has 4 N–H and O–H groups in total. The Morgan fingerprint density at radius 2 is 1.23 bits per heavy atom. The van der Waals surface area contributed by atoms with Crippen molar-refractivity contribution in [2.75, 3.05) is 0 Å². The zero-order valence-electron chi connectivity index (χ0n) is 27.5. The van der Waals surface area contributed by atoms with Crippen LogP contribution in [-0.4, -0.2) is 19.9 Å². The third-order valence-electron chi connectivity index (χ3n) is 9.82. The predicted molar refractivity (Wildman–Crippen MR) is 188 cm³/mol. The second-order valence-corrected chi connectivity index (χ2v) is 12.1. The number of nitrogens with one attached hydrogen (secondary N) is 2. The highest BCUT2D eigenvalue weighted by atomic mass is 14.8. The van der Waals surface area contributed by atoms with Crippen LogP contribution in [0.3, 0.4) is 0 Å². The van der Waals surface area contributed by atoms with Gasteiger partial charge >= 0.3 is 0 Å². The van der Waals surface area contributed by atoms with Gasteiger partial charge in [-0.2, -0.15) is 0 Å². The number of nitrogens with zero attached hydrogens (tertiary/aromatic N) is 2. The molecule has 0 spiro atoms. The monoisotopic (exact) mass is 583 g/mol. The van der Waals surface area contributed by atoms with Crippen molar-refractivity contribution in [3.8, 4) is 11.1 Å². The molecule has 5 nitrogen and oxygen atoms in total. The second-order valence-electron chi connectivity index (χ2n) is 12.1. The lowest BCUT2D eigenvalue weighted by atomic mass is 9.95. The van der Waals surface area contributed by atoms with Gasteiger partial charge in [-0.25, -0.2) is 9.97 Å². The minimum atomic E-state index is 0.519. The van der Waals surface area contributed by atoms with E-state index < -0.39 is 0 Å². The summed E-state index contributed by atoms with van der Waals surface area (Å²) in [5, 5.41) is 0. The number of rotatable bonds is 6. The van der Waals surface area contributed by atoms with Crippen molar-refractivity contribution in [3.63, 3.8) is 0 Å². The first-order valence-electron chi connectivity index (χ1n) is 16.2. The Kier molecular flexibility index (Phi) is 7.93. The Morgan fingerprint density at radius 1 is 0.614 bits per heavy atom. The van der Waals surface area contributed by atoms with Crippen LogP contribution in [0.25, 0.3) is 55.5 Å². The molecule has 0 unspecified atom stereocenters. The third kappa shape index (κ3) is 4.75. The van der Waals surface area contributed by atoms with Gasteiger partial charge in [0.1, 0.15) is 0 Å². The smallest absolute Gasteiger partial charge is 0.0769 e. The van der Waals surface area contributed by atoms with E-state index in [4.69, 9.17) is 15.7 Å². The average molecular weight is 584 g/mol. The highest BCUT2D eigenvalue weighted by Crippen LogP contribution is 2.41. The van der Waals surface area contributed by atoms with Gasteiger partial charge in [-0.3, -0.25) is 0 Å². The number of hydrogen-bond acceptors (Lipinski definition) is 3. The van der Waals surface area contributed by atoms with Gasteiger partial charge in [0.05, 0.1) is 28.3 Å². The maximum absolute atomic E-state index is 5.99. The SMILES string of the molecule is CCC1=C(C)c2cc3nc(c(-c4ccc(CN)cc4)c4[nH]c(cc5[nH]c(cc1n2)c(CC)c5C)c(CC)c4C)C(C)=C3CC. The van der Waals surface area contributed by atoms with E-state index in [-0.39, 0.29) is 0 Å². The number of aryl methyl sites for hydroxylation is 4. The molecule has 0 radical (unpaired) electrons. The fourth-order valence-electron chi connectivity index (χ4n) is 7.25. The first-order chi connectivity index (χ1) is 21.2. The number of allylic oxidation sites excluding steroid dienone is 4. The second kappa shape index (κ2) is 11.7. The number of hydrogen-bond donors (Lipinski definition) is 3. The molecule has 8 bridgehead atoms. The van der Waals surface area contributed by atoms with Crippen LogP contribution in [0.1, 0.15) is 105 Å². The Balaban J connectivity index is 1.87. The molecule has 6 rings (SSSR count). The van der Waals surface area contributed by atoms with Crippen LogP contribution in [0.5, 0.6) is 0 Å². The van der Waals surface area contributed by atoms with E-state index in [0.717, 1.165) is 87.2 Å². The van der Waals surface area contributed by atoms with Gasteiger partial charge in [0.15, 0.2) is 0 Å². The van der Waals surface area contributed by atoms with Gasteiger partial charge < -0.3 is 15.7 Å². The lowest BCUT2D eigenvalue weighted by Crippen LogP contribution is -1.96. The lowest BCUT2D eigenvalue weighted by Gasteiger charge is -2.09. The van der Waals surface area contributed by atoms with E-state index in [2.05, 4.69) is 108 Å². The Labute approximate surface area is 261 Å². The van der Waals surface area contributed by atoms with Gasteiger partial charge in [-0.05, 0) is 127 Å². The molecular formula is C39H45N5. The van der Waals surface area contributed by atoms with Gasteiger partial charge in [-0.15, -0.1) is 0 Å². The molecule has 0 fully saturated rings. The quantitative estimate of drug-likeness (QED) is 0.211. The zero-order chi connectivity index (χ0) is 31.3. The first-order valence-corrected chi connectivity index (χ1v) is 16.2. The fourth-order valence-corrected chi connectivity index (χ4v) is 7.25. The van der Waals surface area contributed by atoms with Gasteiger partial charge in [0.25, 0.3) is 0 Å². The Morgan fingerprint density at radius 3 is 1.86 bits per heavy atom. The molecule has 5 heteroatoms. The van der Waals surface area contributed by atoms with Gasteiger partial charge in [0.2, 0.25) is 0 Å². The average Bonchev–Trinajstić information content (AvgIpc) is 3.70. The molecule has 0 aliphatic carbocycles. The molecule has 226 valence electrons. The van der Waals surface area contributed by atoms with Gasteiger partial charge in [0, 0.05) is 28.7 Å². The van der Waals surface area contributed by atoms with E-state index in [0.29, 0.717) is 6.54 Å². The molecule has 0 saturated carbocycles. The topological polar surface area (TPSA) is 83.4 Å². The molecular weight excluding hydrogens is 538 g/mol. The van der Waals surface area contributed by atoms with Crippen LogP contribution in [0.4, 0.5) is 0 Å². The maximum atomic E-state index is 5.99. The number of aromatic amines is 2. The van der Waals surface area contributed by atoms with Crippen LogP contribution in [0.15, 0.2) is 42.5 Å². The molecule has 0 atom stereocenters. The number of H-pyrrole nitrogens is 2. The van der Waals surface area contributed by atoms with Crippen molar-refractivity contribution in [2.24, 2.45) is 5.73 Å². The van der Waals surface area contributed by atoms with Crippen molar-refractivity contribution < 1.29 is 0 Å². The summed E-state index contributed by atoms with van der Waals surface area (Å²) in [4.78, 5) is 18.3. The summed E-state index contributed by atoms with van der Waals surface area (Å²) in [7, 11) is 0. The summed E-state index contributed by atoms with van der Waals surface area (Å²) in [6.45, 7) is 18.4. The van der Waals surface area contributed by atoms with Crippen molar-refractivity contribution in [3.05, 3.63) is 93.1 Å². The van der Waals surface area contributed by atoms with Crippen LogP contribution in [-0.2, 0) is 19.4 Å². The molecule has 1 aromatic carbocycles. The van der Waals surface area contributed by atoms with Crippen molar-refractivity contribution in [2.45, 2.75) is 87.6 Å². The number of nitrogens with two attached hydrogens (primary N) is 1. The molecule has 0 saturated heterocycles. The maximum Gasteiger partial charge on any atom is 0.0769 e. The van der Waals surface area contributed by atoms with E-state index >= 15 is 0 Å². The Hall–Kier alpha value is -4.22. The summed E-state index contributed by atoms with van der Waals surface area (Å²) in [5.74, 6) is 0. The highest BCUT2D eigenvalue weighted by Gasteiger charge is 2.24. The highest BCUT2D eigenvalue weighted by molar-refractivity contribution is 6.01. The summed E-state index contributed by atoms with van der Waals surface area (Å²) < 4.78 is 0. The van der Waals surface area contributed by atoms with Crippen LogP contribution < -0.4 is 5.73 Å². The number of benzene rings is 1. The third-order valence-corrected chi connectivity index (χ3v) is 9.82. The number of aromatic nitrogens is 4. The summed E-state index contributed by atoms with van der Waals surface area (Å²) in [6, 6.07) is 15.4. The van der Waals surface area contributed by atoms with Crippen LogP contribution in [0.2, 0.25) is 0 Å². The molecule has 44 heavy (non-hydrogen) atoms. The molecule has 5 heterocycles. The molecule has 2 aliphatic rings. The largest absolute Gasteiger partial charge is 0.355 e. The van der Waals surface area contributed by atoms with Crippen molar-refractivity contribution in [1.29, 1.82) is 0 Å². The summed E-state index contributed by atoms with van der Waals surface area (Å²) in [5.41, 5.74) is 28.3. The molecule has 3 aromatic heterocycles. The first kappa shape index (κ1) is 29.8. The minimum Gasteiger partial charge on any atom is -0.355 e. The summed E-state index contributed by atoms with van der Waals surface area (Å²) in [6.07, 6.45) is 3.71. The van der Waals surface area contributed by atoms with E-state index in [1.54, 1.807) is 0 Å². The molecule has 4 aromatic rings. The van der Waals surface area contributed by atoms with E-state index in [1.807, 2.05) is 0 Å². The fraction of sp³-hybridized carbons (Fsp3) is 0.333. The van der Waals surface area contributed by atoms with Crippen LogP contribution in [0, 0.1) is 13.8 Å². The molecule has 2 aliphatic heterocycles. The van der Waals surface area contributed by atoms with Gasteiger partial charge in [-0.1, -0.05) is 52.0 Å². The predicted octanol–water partition coefficient (Wildman–Crippen LogP) is 9.86. The minimum absolute atomic E-state index is 0.519. The van der Waals surface area contributed by atoms with E-state index in [1.165, 1.54) is 44.5 Å². The Bertz CT molecular complexity index is 2010.